The van der Waals surface area contributed by atoms with Crippen LogP contribution in [0.1, 0.15) is 34.1 Å². The predicted octanol–water partition coefficient (Wildman–Crippen LogP) is 2.87. The minimum Gasteiger partial charge on any atom is -0.354 e. The predicted molar refractivity (Wildman–Crippen MR) is 89.4 cm³/mol. The molecule has 0 aromatic carbocycles. The Labute approximate surface area is 132 Å². The van der Waals surface area contributed by atoms with E-state index in [1.165, 1.54) is 0 Å². The van der Waals surface area contributed by atoms with Gasteiger partial charge in [-0.05, 0) is 27.2 Å². The topological polar surface area (TPSA) is 44.3 Å². The summed E-state index contributed by atoms with van der Waals surface area (Å²) in [4.78, 5) is 13.6. The zero-order valence-corrected chi connectivity index (χ0v) is 14.2. The molecule has 1 aliphatic heterocycles. The molecule has 1 aliphatic rings. The summed E-state index contributed by atoms with van der Waals surface area (Å²) in [6, 6.07) is 0. The summed E-state index contributed by atoms with van der Waals surface area (Å²) in [5.74, 6) is 1.51. The van der Waals surface area contributed by atoms with Crippen molar-refractivity contribution in [1.82, 2.24) is 14.9 Å². The van der Waals surface area contributed by atoms with E-state index in [9.17, 15) is 0 Å². The maximum atomic E-state index is 6.28. The molecule has 6 heteroatoms. The molecule has 5 nitrogen and oxygen atoms in total. The monoisotopic (exact) mass is 311 g/mol. The number of anilines is 2. The molecular weight excluding hydrogens is 286 g/mol. The second-order valence-corrected chi connectivity index (χ2v) is 6.84. The Morgan fingerprint density at radius 2 is 1.90 bits per heavy atom. The van der Waals surface area contributed by atoms with Crippen LogP contribution in [0.25, 0.3) is 0 Å². The van der Waals surface area contributed by atoms with Gasteiger partial charge in [0.05, 0.1) is 6.20 Å². The molecule has 1 saturated heterocycles. The van der Waals surface area contributed by atoms with Crippen molar-refractivity contribution in [3.05, 3.63) is 11.2 Å². The summed E-state index contributed by atoms with van der Waals surface area (Å²) in [5.41, 5.74) is 0.218. The summed E-state index contributed by atoms with van der Waals surface area (Å²) in [7, 11) is 0. The van der Waals surface area contributed by atoms with E-state index in [1.54, 1.807) is 6.20 Å². The highest BCUT2D eigenvalue weighted by atomic mass is 35.5. The number of aromatic nitrogens is 2. The van der Waals surface area contributed by atoms with Crippen LogP contribution in [-0.2, 0) is 0 Å². The molecule has 1 aromatic heterocycles. The van der Waals surface area contributed by atoms with Gasteiger partial charge >= 0.3 is 0 Å². The van der Waals surface area contributed by atoms with E-state index in [0.717, 1.165) is 45.0 Å². The second kappa shape index (κ2) is 6.79. The number of rotatable bonds is 4. The Kier molecular flexibility index (Phi) is 5.27. The van der Waals surface area contributed by atoms with Crippen molar-refractivity contribution >= 4 is 23.4 Å². The largest absolute Gasteiger partial charge is 0.354 e. The molecule has 1 aromatic rings. The molecule has 0 saturated carbocycles. The third-order valence-electron chi connectivity index (χ3n) is 3.79. The van der Waals surface area contributed by atoms with Crippen LogP contribution in [0.2, 0.25) is 5.02 Å². The van der Waals surface area contributed by atoms with Crippen molar-refractivity contribution in [2.45, 2.75) is 39.7 Å². The van der Waals surface area contributed by atoms with Gasteiger partial charge in [-0.2, -0.15) is 4.98 Å². The smallest absolute Gasteiger partial charge is 0.224 e. The van der Waals surface area contributed by atoms with E-state index in [1.807, 2.05) is 0 Å². The highest BCUT2D eigenvalue weighted by Gasteiger charge is 2.27. The van der Waals surface area contributed by atoms with E-state index in [-0.39, 0.29) is 5.54 Å². The number of hydrogen-bond acceptors (Lipinski definition) is 5. The van der Waals surface area contributed by atoms with Gasteiger partial charge in [0.15, 0.2) is 5.82 Å². The van der Waals surface area contributed by atoms with Crippen LogP contribution in [0.3, 0.4) is 0 Å². The number of nitrogens with one attached hydrogen (secondary N) is 1. The molecular formula is C15H26ClN5. The van der Waals surface area contributed by atoms with E-state index in [4.69, 9.17) is 11.6 Å². The van der Waals surface area contributed by atoms with Gasteiger partial charge in [-0.15, -0.1) is 0 Å². The number of halogens is 1. The number of hydrogen-bond donors (Lipinski definition) is 1. The number of nitrogens with zero attached hydrogens (tertiary/aromatic N) is 4. The Bertz CT molecular complexity index is 464. The van der Waals surface area contributed by atoms with Crippen LogP contribution >= 0.6 is 11.6 Å². The van der Waals surface area contributed by atoms with Crippen molar-refractivity contribution in [3.63, 3.8) is 0 Å². The molecule has 0 atom stereocenters. The van der Waals surface area contributed by atoms with Gasteiger partial charge in [-0.3, -0.25) is 4.90 Å². The molecule has 2 heterocycles. The first-order chi connectivity index (χ1) is 9.91. The van der Waals surface area contributed by atoms with Crippen LogP contribution in [0.15, 0.2) is 6.20 Å². The van der Waals surface area contributed by atoms with E-state index < -0.39 is 0 Å². The van der Waals surface area contributed by atoms with Crippen molar-refractivity contribution in [2.75, 3.05) is 42.9 Å². The molecule has 1 N–H and O–H groups in total. The van der Waals surface area contributed by atoms with Gasteiger partial charge in [0, 0.05) is 38.3 Å². The lowest BCUT2D eigenvalue weighted by Gasteiger charge is -2.42. The molecule has 0 bridgehead atoms. The molecule has 1 fully saturated rings. The van der Waals surface area contributed by atoms with Gasteiger partial charge in [0.25, 0.3) is 0 Å². The van der Waals surface area contributed by atoms with E-state index in [2.05, 4.69) is 52.8 Å². The Hall–Kier alpha value is -1.07. The average molecular weight is 312 g/mol. The van der Waals surface area contributed by atoms with Crippen LogP contribution in [0.4, 0.5) is 11.8 Å². The Morgan fingerprint density at radius 1 is 1.24 bits per heavy atom. The van der Waals surface area contributed by atoms with Crippen molar-refractivity contribution in [2.24, 2.45) is 0 Å². The third-order valence-corrected chi connectivity index (χ3v) is 4.05. The summed E-state index contributed by atoms with van der Waals surface area (Å²) >= 11 is 6.28. The molecule has 0 radical (unpaired) electrons. The van der Waals surface area contributed by atoms with Gasteiger partial charge in [-0.25, -0.2) is 4.98 Å². The highest BCUT2D eigenvalue weighted by Crippen LogP contribution is 2.26. The van der Waals surface area contributed by atoms with Gasteiger partial charge in [0.1, 0.15) is 5.02 Å². The Morgan fingerprint density at radius 3 is 2.48 bits per heavy atom. The molecule has 0 spiro atoms. The van der Waals surface area contributed by atoms with Crippen LogP contribution in [0, 0.1) is 0 Å². The molecule has 0 aliphatic carbocycles. The quantitative estimate of drug-likeness (QED) is 0.926. The fourth-order valence-corrected chi connectivity index (χ4v) is 2.70. The molecule has 21 heavy (non-hydrogen) atoms. The fraction of sp³-hybridized carbons (Fsp3) is 0.733. The average Bonchev–Trinajstić information content (AvgIpc) is 2.46. The standard InChI is InChI=1S/C15H26ClN5/c1-5-6-17-14-18-11-12(16)13(19-14)20-7-9-21(10-8-20)15(2,3)4/h11H,5-10H2,1-4H3,(H,17,18,19). The fourth-order valence-electron chi connectivity index (χ4n) is 2.49. The maximum absolute atomic E-state index is 6.28. The highest BCUT2D eigenvalue weighted by molar-refractivity contribution is 6.32. The first kappa shape index (κ1) is 16.3. The minimum absolute atomic E-state index is 0.218. The first-order valence-corrected chi connectivity index (χ1v) is 8.06. The molecule has 118 valence electrons. The minimum atomic E-state index is 0.218. The van der Waals surface area contributed by atoms with Crippen molar-refractivity contribution in [3.8, 4) is 0 Å². The van der Waals surface area contributed by atoms with Crippen LogP contribution in [-0.4, -0.2) is 53.1 Å². The summed E-state index contributed by atoms with van der Waals surface area (Å²) in [6.45, 7) is 13.7. The molecule has 2 rings (SSSR count). The van der Waals surface area contributed by atoms with Crippen LogP contribution in [0.5, 0.6) is 0 Å². The molecule has 0 unspecified atom stereocenters. The van der Waals surface area contributed by atoms with Crippen molar-refractivity contribution in [1.29, 1.82) is 0 Å². The SMILES string of the molecule is CCCNc1ncc(Cl)c(N2CCN(C(C)(C)C)CC2)n1. The lowest BCUT2D eigenvalue weighted by molar-refractivity contribution is 0.128. The van der Waals surface area contributed by atoms with Crippen LogP contribution < -0.4 is 10.2 Å². The molecule has 0 amide bonds. The van der Waals surface area contributed by atoms with E-state index in [0.29, 0.717) is 11.0 Å². The number of piperazine rings is 1. The summed E-state index contributed by atoms with van der Waals surface area (Å²) < 4.78 is 0. The van der Waals surface area contributed by atoms with Gasteiger partial charge in [0.2, 0.25) is 5.95 Å². The summed E-state index contributed by atoms with van der Waals surface area (Å²) in [5, 5.41) is 3.84. The lowest BCUT2D eigenvalue weighted by atomic mass is 10.1. The van der Waals surface area contributed by atoms with Gasteiger partial charge in [-0.1, -0.05) is 18.5 Å². The zero-order chi connectivity index (χ0) is 15.5. The van der Waals surface area contributed by atoms with Gasteiger partial charge < -0.3 is 10.2 Å². The van der Waals surface area contributed by atoms with Crippen molar-refractivity contribution < 1.29 is 0 Å². The second-order valence-electron chi connectivity index (χ2n) is 6.44. The normalized spacial score (nSPS) is 17.1. The lowest BCUT2D eigenvalue weighted by Crippen LogP contribution is -2.53. The van der Waals surface area contributed by atoms with E-state index >= 15 is 0 Å². The Balaban J connectivity index is 2.05. The maximum Gasteiger partial charge on any atom is 0.224 e. The first-order valence-electron chi connectivity index (χ1n) is 7.68. The zero-order valence-electron chi connectivity index (χ0n) is 13.5. The summed E-state index contributed by atoms with van der Waals surface area (Å²) in [6.07, 6.45) is 2.74. The third kappa shape index (κ3) is 4.20.